The SMILES string of the molecule is NC1(c2ccc(C(F)(F)F)c(F)c2)CCCOC1. The lowest BCUT2D eigenvalue weighted by Crippen LogP contribution is -2.44. The fourth-order valence-corrected chi connectivity index (χ4v) is 2.10. The van der Waals surface area contributed by atoms with Crippen LogP contribution in [0, 0.1) is 5.82 Å². The van der Waals surface area contributed by atoms with E-state index in [1.165, 1.54) is 6.07 Å². The minimum atomic E-state index is -4.69. The van der Waals surface area contributed by atoms with E-state index in [0.29, 0.717) is 25.0 Å². The van der Waals surface area contributed by atoms with Gasteiger partial charge in [0.25, 0.3) is 0 Å². The lowest BCUT2D eigenvalue weighted by atomic mass is 9.85. The van der Waals surface area contributed by atoms with Gasteiger partial charge in [0.05, 0.1) is 17.7 Å². The van der Waals surface area contributed by atoms with Crippen molar-refractivity contribution in [3.05, 3.63) is 35.1 Å². The summed E-state index contributed by atoms with van der Waals surface area (Å²) in [6.07, 6.45) is -3.41. The van der Waals surface area contributed by atoms with Crippen LogP contribution in [0.1, 0.15) is 24.0 Å². The highest BCUT2D eigenvalue weighted by Gasteiger charge is 2.36. The molecule has 0 aliphatic carbocycles. The zero-order chi connectivity index (χ0) is 13.4. The minimum absolute atomic E-state index is 0.192. The Balaban J connectivity index is 2.34. The summed E-state index contributed by atoms with van der Waals surface area (Å²) in [6, 6.07) is 2.81. The second kappa shape index (κ2) is 4.51. The molecule has 0 saturated carbocycles. The first-order chi connectivity index (χ1) is 8.33. The smallest absolute Gasteiger partial charge is 0.379 e. The van der Waals surface area contributed by atoms with Gasteiger partial charge in [-0.3, -0.25) is 0 Å². The third-order valence-corrected chi connectivity index (χ3v) is 3.12. The van der Waals surface area contributed by atoms with E-state index in [-0.39, 0.29) is 6.61 Å². The summed E-state index contributed by atoms with van der Waals surface area (Å²) >= 11 is 0. The molecule has 100 valence electrons. The van der Waals surface area contributed by atoms with Gasteiger partial charge in [0.1, 0.15) is 5.82 Å². The Morgan fingerprint density at radius 1 is 1.28 bits per heavy atom. The van der Waals surface area contributed by atoms with Gasteiger partial charge in [0.2, 0.25) is 0 Å². The number of alkyl halides is 3. The van der Waals surface area contributed by atoms with Crippen molar-refractivity contribution in [2.45, 2.75) is 24.6 Å². The normalized spacial score (nSPS) is 25.2. The van der Waals surface area contributed by atoms with Crippen LogP contribution in [0.2, 0.25) is 0 Å². The van der Waals surface area contributed by atoms with E-state index in [1.54, 1.807) is 0 Å². The second-order valence-corrected chi connectivity index (χ2v) is 4.50. The molecule has 0 amide bonds. The van der Waals surface area contributed by atoms with Gasteiger partial charge in [0.15, 0.2) is 0 Å². The molecule has 2 nitrogen and oxygen atoms in total. The van der Waals surface area contributed by atoms with Gasteiger partial charge in [-0.05, 0) is 30.5 Å². The maximum absolute atomic E-state index is 13.5. The number of rotatable bonds is 1. The fraction of sp³-hybridized carbons (Fsp3) is 0.500. The Labute approximate surface area is 102 Å². The molecule has 1 atom stereocenters. The van der Waals surface area contributed by atoms with E-state index >= 15 is 0 Å². The van der Waals surface area contributed by atoms with Gasteiger partial charge in [-0.2, -0.15) is 13.2 Å². The topological polar surface area (TPSA) is 35.2 Å². The van der Waals surface area contributed by atoms with Crippen molar-refractivity contribution in [2.75, 3.05) is 13.2 Å². The molecule has 1 unspecified atom stereocenters. The number of hydrogen-bond acceptors (Lipinski definition) is 2. The maximum Gasteiger partial charge on any atom is 0.419 e. The molecular formula is C12H13F4NO. The van der Waals surface area contributed by atoms with Gasteiger partial charge in [0, 0.05) is 6.61 Å². The van der Waals surface area contributed by atoms with Crippen LogP contribution in [0.15, 0.2) is 18.2 Å². The molecule has 0 radical (unpaired) electrons. The van der Waals surface area contributed by atoms with Crippen LogP contribution in [0.3, 0.4) is 0 Å². The molecule has 6 heteroatoms. The van der Waals surface area contributed by atoms with Crippen molar-refractivity contribution >= 4 is 0 Å². The van der Waals surface area contributed by atoms with E-state index in [2.05, 4.69) is 0 Å². The highest BCUT2D eigenvalue weighted by Crippen LogP contribution is 2.34. The van der Waals surface area contributed by atoms with E-state index in [1.807, 2.05) is 0 Å². The maximum atomic E-state index is 13.5. The van der Waals surface area contributed by atoms with Crippen LogP contribution in [0.25, 0.3) is 0 Å². The predicted octanol–water partition coefficient (Wildman–Crippen LogP) is 2.81. The molecule has 2 rings (SSSR count). The molecule has 0 spiro atoms. The van der Waals surface area contributed by atoms with Gasteiger partial charge in [-0.15, -0.1) is 0 Å². The number of benzene rings is 1. The first-order valence-corrected chi connectivity index (χ1v) is 5.57. The van der Waals surface area contributed by atoms with Gasteiger partial charge < -0.3 is 10.5 Å². The molecule has 18 heavy (non-hydrogen) atoms. The zero-order valence-corrected chi connectivity index (χ0v) is 9.56. The van der Waals surface area contributed by atoms with Gasteiger partial charge in [-0.1, -0.05) is 6.07 Å². The number of nitrogens with two attached hydrogens (primary N) is 1. The van der Waals surface area contributed by atoms with Crippen LogP contribution in [-0.2, 0) is 16.5 Å². The Morgan fingerprint density at radius 3 is 2.50 bits per heavy atom. The lowest BCUT2D eigenvalue weighted by Gasteiger charge is -2.33. The van der Waals surface area contributed by atoms with E-state index in [9.17, 15) is 17.6 Å². The lowest BCUT2D eigenvalue weighted by molar-refractivity contribution is -0.140. The minimum Gasteiger partial charge on any atom is -0.379 e. The van der Waals surface area contributed by atoms with Crippen molar-refractivity contribution in [2.24, 2.45) is 5.73 Å². The van der Waals surface area contributed by atoms with E-state index < -0.39 is 23.1 Å². The first kappa shape index (κ1) is 13.3. The Kier molecular flexibility index (Phi) is 3.33. The Hall–Kier alpha value is -1.14. The molecule has 1 aliphatic heterocycles. The Bertz CT molecular complexity index is 438. The molecule has 0 aromatic heterocycles. The quantitative estimate of drug-likeness (QED) is 0.791. The Morgan fingerprint density at radius 2 is 2.00 bits per heavy atom. The molecule has 2 N–H and O–H groups in total. The number of halogens is 4. The average Bonchev–Trinajstić information content (AvgIpc) is 2.28. The van der Waals surface area contributed by atoms with Crippen molar-refractivity contribution < 1.29 is 22.3 Å². The van der Waals surface area contributed by atoms with Gasteiger partial charge >= 0.3 is 6.18 Å². The van der Waals surface area contributed by atoms with E-state index in [4.69, 9.17) is 10.5 Å². The summed E-state index contributed by atoms with van der Waals surface area (Å²) in [5.41, 5.74) is 4.20. The fourth-order valence-electron chi connectivity index (χ4n) is 2.10. The van der Waals surface area contributed by atoms with Crippen molar-refractivity contribution in [1.29, 1.82) is 0 Å². The largest absolute Gasteiger partial charge is 0.419 e. The van der Waals surface area contributed by atoms with Crippen LogP contribution in [0.5, 0.6) is 0 Å². The first-order valence-electron chi connectivity index (χ1n) is 5.57. The second-order valence-electron chi connectivity index (χ2n) is 4.50. The third kappa shape index (κ3) is 2.49. The summed E-state index contributed by atoms with van der Waals surface area (Å²) in [7, 11) is 0. The molecular weight excluding hydrogens is 250 g/mol. The highest BCUT2D eigenvalue weighted by atomic mass is 19.4. The summed E-state index contributed by atoms with van der Waals surface area (Å²) < 4.78 is 55.9. The summed E-state index contributed by atoms with van der Waals surface area (Å²) in [5, 5.41) is 0. The summed E-state index contributed by atoms with van der Waals surface area (Å²) in [6.45, 7) is 0.764. The van der Waals surface area contributed by atoms with Crippen LogP contribution in [0.4, 0.5) is 17.6 Å². The van der Waals surface area contributed by atoms with Crippen molar-refractivity contribution in [3.63, 3.8) is 0 Å². The zero-order valence-electron chi connectivity index (χ0n) is 9.56. The van der Waals surface area contributed by atoms with E-state index in [0.717, 1.165) is 12.1 Å². The molecule has 1 aliphatic rings. The molecule has 0 bridgehead atoms. The standard InChI is InChI=1S/C12H13F4NO/c13-10-6-8(2-3-9(10)12(14,15)16)11(17)4-1-5-18-7-11/h2-3,6H,1,4-5,7,17H2. The van der Waals surface area contributed by atoms with Crippen LogP contribution in [-0.4, -0.2) is 13.2 Å². The number of hydrogen-bond donors (Lipinski definition) is 1. The van der Waals surface area contributed by atoms with Crippen LogP contribution < -0.4 is 5.73 Å². The van der Waals surface area contributed by atoms with Gasteiger partial charge in [-0.25, -0.2) is 4.39 Å². The number of ether oxygens (including phenoxy) is 1. The molecule has 1 aromatic rings. The molecule has 1 fully saturated rings. The highest BCUT2D eigenvalue weighted by molar-refractivity contribution is 5.31. The third-order valence-electron chi connectivity index (χ3n) is 3.12. The van der Waals surface area contributed by atoms with Crippen LogP contribution >= 0.6 is 0 Å². The summed E-state index contributed by atoms with van der Waals surface area (Å²) in [4.78, 5) is 0. The predicted molar refractivity (Wildman–Crippen MR) is 57.3 cm³/mol. The molecule has 1 heterocycles. The average molecular weight is 263 g/mol. The van der Waals surface area contributed by atoms with Crippen molar-refractivity contribution in [1.82, 2.24) is 0 Å². The molecule has 1 aromatic carbocycles. The monoisotopic (exact) mass is 263 g/mol. The molecule has 1 saturated heterocycles. The summed E-state index contributed by atoms with van der Waals surface area (Å²) in [5.74, 6) is -1.30. The van der Waals surface area contributed by atoms with Crippen molar-refractivity contribution in [3.8, 4) is 0 Å².